The molecule has 13 nitrogen and oxygen atoms in total. The minimum atomic E-state index is -3.84. The highest BCUT2D eigenvalue weighted by atomic mass is 35.5. The number of nitrogens with one attached hydrogen (secondary N) is 3. The number of benzene rings is 2. The number of aromatic nitrogens is 3. The highest BCUT2D eigenvalue weighted by Gasteiger charge is 2.39. The van der Waals surface area contributed by atoms with Crippen molar-refractivity contribution in [2.45, 2.75) is 56.4 Å². The molecule has 5 heterocycles. The number of imide groups is 1. The van der Waals surface area contributed by atoms with Crippen molar-refractivity contribution in [1.29, 1.82) is 0 Å². The highest BCUT2D eigenvalue weighted by Crippen LogP contribution is 2.33. The van der Waals surface area contributed by atoms with Crippen molar-refractivity contribution in [3.05, 3.63) is 89.2 Å². The Morgan fingerprint density at radius 1 is 1.06 bits per heavy atom. The molecule has 16 heteroatoms. The van der Waals surface area contributed by atoms with Gasteiger partial charge in [0.05, 0.1) is 11.3 Å². The molecule has 3 aliphatic heterocycles. The second-order valence-electron chi connectivity index (χ2n) is 13.1. The highest BCUT2D eigenvalue weighted by molar-refractivity contribution is 6.20. The van der Waals surface area contributed by atoms with Gasteiger partial charge in [-0.25, -0.2) is 4.98 Å². The van der Waals surface area contributed by atoms with Crippen molar-refractivity contribution in [3.63, 3.8) is 0 Å². The lowest BCUT2D eigenvalue weighted by Crippen LogP contribution is -2.52. The topological polar surface area (TPSA) is 153 Å². The average molecular weight is 733 g/mol. The number of piperidine rings is 2. The van der Waals surface area contributed by atoms with E-state index < -0.39 is 23.4 Å². The van der Waals surface area contributed by atoms with Gasteiger partial charge in [0.25, 0.3) is 11.8 Å². The maximum Gasteiger partial charge on any atom is 0.487 e. The number of hydrogen-bond donors (Lipinski definition) is 3. The molecule has 270 valence electrons. The van der Waals surface area contributed by atoms with Gasteiger partial charge in [-0.1, -0.05) is 12.1 Å². The Labute approximate surface area is 302 Å². The van der Waals surface area contributed by atoms with Crippen molar-refractivity contribution >= 4 is 46.7 Å². The Balaban J connectivity index is 0.980. The van der Waals surface area contributed by atoms with Crippen molar-refractivity contribution in [1.82, 2.24) is 30.3 Å². The van der Waals surface area contributed by atoms with E-state index in [0.717, 1.165) is 37.1 Å². The number of ether oxygens (including phenoxy) is 1. The van der Waals surface area contributed by atoms with Crippen molar-refractivity contribution in [2.24, 2.45) is 0 Å². The first-order chi connectivity index (χ1) is 24.9. The van der Waals surface area contributed by atoms with Crippen molar-refractivity contribution in [3.8, 4) is 17.0 Å². The second kappa shape index (κ2) is 14.3. The van der Waals surface area contributed by atoms with E-state index in [1.54, 1.807) is 17.2 Å². The van der Waals surface area contributed by atoms with Crippen molar-refractivity contribution in [2.75, 3.05) is 30.4 Å². The second-order valence-corrected chi connectivity index (χ2v) is 13.6. The summed E-state index contributed by atoms with van der Waals surface area (Å²) in [6.07, 6.45) is 5.41. The number of nitrogens with zero attached hydrogens (tertiary/aromatic N) is 5. The number of carbonyl (C=O) groups excluding carboxylic acids is 4. The predicted octanol–water partition coefficient (Wildman–Crippen LogP) is 4.75. The van der Waals surface area contributed by atoms with E-state index in [9.17, 15) is 28.0 Å². The van der Waals surface area contributed by atoms with Crippen LogP contribution in [-0.4, -0.2) is 86.4 Å². The monoisotopic (exact) mass is 732 g/mol. The standard InChI is InChI=1S/C36H35ClF2N8O5/c1-45(19-21-2-7-27-23(16-21)20-47(35(27)51)30-8-9-31(48)43-34(30)50)25-11-14-46(15-12-25)32-28(29-10-13-41-44-29)17-22(18-40-32)33(49)42-24-3-5-26(6-4-24)52-36(37,38)39/h2-7,10,13,16-18,25,30H,8-9,11-12,14-15,19-20H2,1H3,(H,41,44)(H,42,49)(H,43,48,50). The number of halogens is 3. The molecular formula is C36H35ClF2N8O5. The number of rotatable bonds is 10. The van der Waals surface area contributed by atoms with Crippen LogP contribution in [0.25, 0.3) is 11.3 Å². The summed E-state index contributed by atoms with van der Waals surface area (Å²) in [6.45, 7) is 2.47. The van der Waals surface area contributed by atoms with Crippen LogP contribution >= 0.6 is 11.6 Å². The predicted molar refractivity (Wildman–Crippen MR) is 187 cm³/mol. The van der Waals surface area contributed by atoms with Gasteiger partial charge in [-0.05, 0) is 79.9 Å². The molecule has 2 aromatic heterocycles. The Morgan fingerprint density at radius 2 is 1.83 bits per heavy atom. The van der Waals surface area contributed by atoms with Crippen molar-refractivity contribution < 1.29 is 32.7 Å². The lowest BCUT2D eigenvalue weighted by molar-refractivity contribution is -0.136. The van der Waals surface area contributed by atoms with Crippen LogP contribution in [0.5, 0.6) is 5.75 Å². The van der Waals surface area contributed by atoms with Crippen LogP contribution in [0.3, 0.4) is 0 Å². The van der Waals surface area contributed by atoms with Crippen LogP contribution in [0.4, 0.5) is 20.3 Å². The van der Waals surface area contributed by atoms with Crippen LogP contribution in [-0.2, 0) is 22.7 Å². The summed E-state index contributed by atoms with van der Waals surface area (Å²) < 4.78 is 30.2. The van der Waals surface area contributed by atoms with Crippen LogP contribution in [0.15, 0.2) is 67.0 Å². The molecule has 2 aromatic carbocycles. The van der Waals surface area contributed by atoms with Crippen LogP contribution in [0.2, 0.25) is 0 Å². The fraction of sp³-hybridized carbons (Fsp3) is 0.333. The van der Waals surface area contributed by atoms with Gasteiger partial charge in [0.1, 0.15) is 17.6 Å². The van der Waals surface area contributed by atoms with E-state index in [2.05, 4.69) is 42.4 Å². The molecule has 0 aliphatic carbocycles. The Bertz CT molecular complexity index is 2000. The minimum absolute atomic E-state index is 0.151. The first-order valence-corrected chi connectivity index (χ1v) is 17.2. The van der Waals surface area contributed by atoms with Gasteiger partial charge in [-0.15, -0.1) is 8.78 Å². The number of carbonyl (C=O) groups is 4. The molecule has 4 aromatic rings. The molecule has 4 amide bonds. The molecule has 0 bridgehead atoms. The van der Waals surface area contributed by atoms with Gasteiger partial charge in [-0.3, -0.25) is 34.5 Å². The summed E-state index contributed by atoms with van der Waals surface area (Å²) in [5.41, 5.74) is 0.783. The Morgan fingerprint density at radius 3 is 2.52 bits per heavy atom. The molecule has 0 radical (unpaired) electrons. The van der Waals surface area contributed by atoms with Gasteiger partial charge < -0.3 is 19.9 Å². The maximum atomic E-state index is 13.2. The largest absolute Gasteiger partial charge is 0.487 e. The fourth-order valence-corrected chi connectivity index (χ4v) is 7.13. The number of H-pyrrole nitrogens is 1. The van der Waals surface area contributed by atoms with E-state index in [1.165, 1.54) is 30.5 Å². The van der Waals surface area contributed by atoms with E-state index in [-0.39, 0.29) is 24.0 Å². The summed E-state index contributed by atoms with van der Waals surface area (Å²) in [5, 5.41) is 12.2. The molecule has 1 unspecified atom stereocenters. The first kappa shape index (κ1) is 35.0. The lowest BCUT2D eigenvalue weighted by Gasteiger charge is -2.38. The molecule has 52 heavy (non-hydrogen) atoms. The van der Waals surface area contributed by atoms with E-state index in [1.807, 2.05) is 24.3 Å². The molecule has 2 saturated heterocycles. The molecular weight excluding hydrogens is 698 g/mol. The molecule has 1 atom stereocenters. The van der Waals surface area contributed by atoms with Gasteiger partial charge in [0.15, 0.2) is 0 Å². The summed E-state index contributed by atoms with van der Waals surface area (Å²) in [7, 11) is 2.09. The van der Waals surface area contributed by atoms with E-state index in [4.69, 9.17) is 16.6 Å². The quantitative estimate of drug-likeness (QED) is 0.155. The summed E-state index contributed by atoms with van der Waals surface area (Å²) >= 11 is 4.83. The first-order valence-electron chi connectivity index (χ1n) is 16.8. The fourth-order valence-electron chi connectivity index (χ4n) is 7.04. The zero-order valence-corrected chi connectivity index (χ0v) is 28.8. The van der Waals surface area contributed by atoms with Crippen LogP contribution in [0.1, 0.15) is 57.5 Å². The van der Waals surface area contributed by atoms with Crippen LogP contribution in [0, 0.1) is 0 Å². The summed E-state index contributed by atoms with van der Waals surface area (Å²) in [5.74, 6) is -0.787. The summed E-state index contributed by atoms with van der Waals surface area (Å²) in [6, 6.07) is 14.4. The Kier molecular flexibility index (Phi) is 9.63. The SMILES string of the molecule is CN(Cc1ccc2c(c1)CN(C1CCC(=O)NC1=O)C2=O)C1CCN(c2ncc(C(=O)Nc3ccc(OC(F)(F)Cl)cc3)cc2-c2ccn[nH]2)CC1. The minimum Gasteiger partial charge on any atom is -0.420 e. The maximum absolute atomic E-state index is 13.2. The smallest absolute Gasteiger partial charge is 0.420 e. The van der Waals surface area contributed by atoms with Gasteiger partial charge in [0.2, 0.25) is 11.8 Å². The van der Waals surface area contributed by atoms with Gasteiger partial charge >= 0.3 is 5.57 Å². The molecule has 0 spiro atoms. The third-order valence-corrected chi connectivity index (χ3v) is 9.75. The number of hydrogen-bond acceptors (Lipinski definition) is 9. The molecule has 7 rings (SSSR count). The normalized spacial score (nSPS) is 18.1. The van der Waals surface area contributed by atoms with E-state index in [0.29, 0.717) is 59.4 Å². The molecule has 3 aliphatic rings. The Hall–Kier alpha value is -5.41. The molecule has 0 saturated carbocycles. The zero-order chi connectivity index (χ0) is 36.6. The number of fused-ring (bicyclic) bond motifs is 1. The third kappa shape index (κ3) is 7.60. The number of alkyl halides is 3. The molecule has 2 fully saturated rings. The number of aromatic amines is 1. The zero-order valence-electron chi connectivity index (χ0n) is 28.1. The lowest BCUT2D eigenvalue weighted by atomic mass is 10.0. The summed E-state index contributed by atoms with van der Waals surface area (Å²) in [4.78, 5) is 61.1. The number of amides is 4. The van der Waals surface area contributed by atoms with E-state index >= 15 is 0 Å². The number of anilines is 2. The average Bonchev–Trinajstić information content (AvgIpc) is 3.77. The third-order valence-electron chi connectivity index (χ3n) is 9.67. The number of pyridine rings is 1. The van der Waals surface area contributed by atoms with Gasteiger partial charge in [0, 0.05) is 79.5 Å². The molecule has 3 N–H and O–H groups in total. The van der Waals surface area contributed by atoms with Crippen LogP contribution < -0.4 is 20.3 Å². The van der Waals surface area contributed by atoms with Gasteiger partial charge in [-0.2, -0.15) is 5.10 Å².